The van der Waals surface area contributed by atoms with Crippen molar-refractivity contribution in [1.82, 2.24) is 29.7 Å². The molecule has 1 aliphatic carbocycles. The summed E-state index contributed by atoms with van der Waals surface area (Å²) in [7, 11) is 1.63. The van der Waals surface area contributed by atoms with Crippen LogP contribution in [0.3, 0.4) is 0 Å². The molecule has 8 nitrogen and oxygen atoms in total. The van der Waals surface area contributed by atoms with Crippen LogP contribution >= 0.6 is 0 Å². The van der Waals surface area contributed by atoms with Crippen molar-refractivity contribution in [3.05, 3.63) is 54.5 Å². The number of fused-ring (bicyclic) bond motifs is 1. The number of amides is 1. The zero-order valence-electron chi connectivity index (χ0n) is 17.5. The lowest BCUT2D eigenvalue weighted by Gasteiger charge is -2.23. The van der Waals surface area contributed by atoms with Crippen LogP contribution in [0.4, 0.5) is 5.82 Å². The molecule has 31 heavy (non-hydrogen) atoms. The molecule has 1 saturated carbocycles. The first-order chi connectivity index (χ1) is 15.2. The van der Waals surface area contributed by atoms with Gasteiger partial charge in [-0.25, -0.2) is 9.50 Å². The predicted molar refractivity (Wildman–Crippen MR) is 120 cm³/mol. The van der Waals surface area contributed by atoms with Gasteiger partial charge in [-0.2, -0.15) is 10.2 Å². The van der Waals surface area contributed by atoms with Crippen molar-refractivity contribution in [1.29, 1.82) is 0 Å². The van der Waals surface area contributed by atoms with Gasteiger partial charge in [0.2, 0.25) is 0 Å². The third kappa shape index (κ3) is 3.34. The molecule has 4 aromatic rings. The monoisotopic (exact) mass is 415 g/mol. The van der Waals surface area contributed by atoms with E-state index in [1.807, 2.05) is 30.5 Å². The van der Waals surface area contributed by atoms with Crippen LogP contribution in [0.1, 0.15) is 48.5 Å². The van der Waals surface area contributed by atoms with Crippen molar-refractivity contribution in [2.24, 2.45) is 0 Å². The third-order valence-electron chi connectivity index (χ3n) is 6.10. The average Bonchev–Trinajstić information content (AvgIpc) is 3.45. The number of benzene rings is 1. The van der Waals surface area contributed by atoms with E-state index in [1.54, 1.807) is 17.6 Å². The molecule has 158 valence electrons. The summed E-state index contributed by atoms with van der Waals surface area (Å²) in [5.74, 6) is 0.280. The van der Waals surface area contributed by atoms with E-state index in [2.05, 4.69) is 31.2 Å². The lowest BCUT2D eigenvalue weighted by atomic mass is 9.95. The van der Waals surface area contributed by atoms with Crippen molar-refractivity contribution in [3.8, 4) is 22.5 Å². The van der Waals surface area contributed by atoms with E-state index in [9.17, 15) is 4.79 Å². The first-order valence-electron chi connectivity index (χ1n) is 10.7. The topological polar surface area (TPSA) is 103 Å². The lowest BCUT2D eigenvalue weighted by molar-refractivity contribution is 0.0963. The molecule has 3 N–H and O–H groups in total. The number of carbonyl (C=O) groups excluding carboxylic acids is 1. The summed E-state index contributed by atoms with van der Waals surface area (Å²) in [5.41, 5.74) is 11.3. The van der Waals surface area contributed by atoms with E-state index < -0.39 is 0 Å². The van der Waals surface area contributed by atoms with E-state index in [-0.39, 0.29) is 5.91 Å². The maximum Gasteiger partial charge on any atom is 0.251 e. The van der Waals surface area contributed by atoms with Gasteiger partial charge < -0.3 is 11.1 Å². The Kier molecular flexibility index (Phi) is 4.89. The molecule has 0 bridgehead atoms. The fourth-order valence-electron chi connectivity index (χ4n) is 4.58. The molecule has 3 heterocycles. The minimum atomic E-state index is -0.132. The molecule has 3 aromatic heterocycles. The predicted octanol–water partition coefficient (Wildman–Crippen LogP) is 3.71. The summed E-state index contributed by atoms with van der Waals surface area (Å²) in [6, 6.07) is 12.0. The standard InChI is InChI=1S/C23H25N7O/c1-25-23(31)16-7-5-6-15(12-16)20-13-18(21-22(24)26-14-28-30(20)21)19-10-11-27-29(19)17-8-3-2-4-9-17/h5-7,10-14,17H,2-4,8-9H2,1H3,(H,25,31)(H2,24,26,28). The molecule has 1 fully saturated rings. The van der Waals surface area contributed by atoms with Crippen molar-refractivity contribution < 1.29 is 4.79 Å². The maximum atomic E-state index is 12.2. The Morgan fingerprint density at radius 1 is 1.10 bits per heavy atom. The van der Waals surface area contributed by atoms with Crippen molar-refractivity contribution >= 4 is 17.2 Å². The van der Waals surface area contributed by atoms with Crippen LogP contribution in [0.15, 0.2) is 48.9 Å². The Morgan fingerprint density at radius 3 is 2.74 bits per heavy atom. The van der Waals surface area contributed by atoms with Gasteiger partial charge in [0, 0.05) is 29.9 Å². The highest BCUT2D eigenvalue weighted by Crippen LogP contribution is 2.37. The van der Waals surface area contributed by atoms with Gasteiger partial charge in [0.15, 0.2) is 5.82 Å². The van der Waals surface area contributed by atoms with E-state index in [0.717, 1.165) is 40.9 Å². The molecule has 8 heteroatoms. The van der Waals surface area contributed by atoms with Crippen LogP contribution in [0.5, 0.6) is 0 Å². The van der Waals surface area contributed by atoms with Crippen molar-refractivity contribution in [2.45, 2.75) is 38.1 Å². The number of nitrogens with one attached hydrogen (secondary N) is 1. The molecular formula is C23H25N7O. The quantitative estimate of drug-likeness (QED) is 0.529. The smallest absolute Gasteiger partial charge is 0.251 e. The molecule has 0 saturated heterocycles. The van der Waals surface area contributed by atoms with Crippen LogP contribution < -0.4 is 11.1 Å². The van der Waals surface area contributed by atoms with E-state index >= 15 is 0 Å². The van der Waals surface area contributed by atoms with Crippen LogP contribution in [-0.4, -0.2) is 37.3 Å². The number of nitrogen functional groups attached to an aromatic ring is 1. The van der Waals surface area contributed by atoms with Gasteiger partial charge in [-0.1, -0.05) is 31.4 Å². The molecule has 1 amide bonds. The molecular weight excluding hydrogens is 390 g/mol. The van der Waals surface area contributed by atoms with Crippen molar-refractivity contribution in [3.63, 3.8) is 0 Å². The second kappa shape index (κ2) is 7.86. The Morgan fingerprint density at radius 2 is 1.94 bits per heavy atom. The summed E-state index contributed by atoms with van der Waals surface area (Å²) in [6.45, 7) is 0. The van der Waals surface area contributed by atoms with E-state index in [1.165, 1.54) is 25.6 Å². The first kappa shape index (κ1) is 19.3. The number of carbonyl (C=O) groups is 1. The first-order valence-corrected chi connectivity index (χ1v) is 10.7. The number of hydrogen-bond acceptors (Lipinski definition) is 5. The molecule has 0 atom stereocenters. The minimum absolute atomic E-state index is 0.132. The molecule has 5 rings (SSSR count). The van der Waals surface area contributed by atoms with Gasteiger partial charge >= 0.3 is 0 Å². The third-order valence-corrected chi connectivity index (χ3v) is 6.10. The summed E-state index contributed by atoms with van der Waals surface area (Å²) < 4.78 is 3.94. The number of hydrogen-bond donors (Lipinski definition) is 2. The Balaban J connectivity index is 1.69. The summed E-state index contributed by atoms with van der Waals surface area (Å²) >= 11 is 0. The van der Waals surface area contributed by atoms with Gasteiger partial charge in [0.1, 0.15) is 11.8 Å². The van der Waals surface area contributed by atoms with E-state index in [0.29, 0.717) is 17.4 Å². The highest BCUT2D eigenvalue weighted by molar-refractivity contribution is 5.96. The Labute approximate surface area is 180 Å². The molecule has 0 spiro atoms. The molecule has 0 unspecified atom stereocenters. The van der Waals surface area contributed by atoms with Crippen LogP contribution in [0.25, 0.3) is 28.0 Å². The summed E-state index contributed by atoms with van der Waals surface area (Å²) in [6.07, 6.45) is 9.30. The van der Waals surface area contributed by atoms with Gasteiger partial charge in [0.05, 0.1) is 17.4 Å². The van der Waals surface area contributed by atoms with Gasteiger partial charge in [-0.05, 0) is 37.1 Å². The van der Waals surface area contributed by atoms with E-state index in [4.69, 9.17) is 5.73 Å². The molecule has 0 radical (unpaired) electrons. The molecule has 0 aliphatic heterocycles. The number of nitrogens with two attached hydrogens (primary N) is 1. The van der Waals surface area contributed by atoms with Crippen molar-refractivity contribution in [2.75, 3.05) is 12.8 Å². The lowest BCUT2D eigenvalue weighted by Crippen LogP contribution is -2.17. The second-order valence-corrected chi connectivity index (χ2v) is 7.96. The van der Waals surface area contributed by atoms with Crippen LogP contribution in [-0.2, 0) is 0 Å². The van der Waals surface area contributed by atoms with Gasteiger partial charge in [-0.3, -0.25) is 9.48 Å². The number of anilines is 1. The summed E-state index contributed by atoms with van der Waals surface area (Å²) in [5, 5.41) is 11.8. The summed E-state index contributed by atoms with van der Waals surface area (Å²) in [4.78, 5) is 16.4. The second-order valence-electron chi connectivity index (χ2n) is 7.96. The van der Waals surface area contributed by atoms with Crippen LogP contribution in [0.2, 0.25) is 0 Å². The van der Waals surface area contributed by atoms with Gasteiger partial charge in [-0.15, -0.1) is 0 Å². The average molecular weight is 416 g/mol. The SMILES string of the molecule is CNC(=O)c1cccc(-c2cc(-c3ccnn3C3CCCCC3)c3c(N)ncnn23)c1. The zero-order chi connectivity index (χ0) is 21.4. The fraction of sp³-hybridized carbons (Fsp3) is 0.304. The van der Waals surface area contributed by atoms with Gasteiger partial charge in [0.25, 0.3) is 5.91 Å². The fourth-order valence-corrected chi connectivity index (χ4v) is 4.58. The highest BCUT2D eigenvalue weighted by atomic mass is 16.1. The maximum absolute atomic E-state index is 12.2. The molecule has 1 aliphatic rings. The normalized spacial score (nSPS) is 14.7. The largest absolute Gasteiger partial charge is 0.382 e. The number of nitrogens with zero attached hydrogens (tertiary/aromatic N) is 5. The highest BCUT2D eigenvalue weighted by Gasteiger charge is 2.23. The Bertz CT molecular complexity index is 1250. The minimum Gasteiger partial charge on any atom is -0.382 e. The zero-order valence-corrected chi connectivity index (χ0v) is 17.5. The van der Waals surface area contributed by atoms with Crippen LogP contribution in [0, 0.1) is 0 Å². The Hall–Kier alpha value is -3.68. The molecule has 1 aromatic carbocycles. The number of aromatic nitrogens is 5. The number of rotatable bonds is 4.